The third-order valence-electron chi connectivity index (χ3n) is 12.2. The maximum atomic E-state index is 14.8. The molecule has 316 valence electrons. The molecule has 61 heavy (non-hydrogen) atoms. The molecule has 3 fully saturated rings. The van der Waals surface area contributed by atoms with Crippen LogP contribution in [0.3, 0.4) is 0 Å². The number of aromatic nitrogens is 2. The lowest BCUT2D eigenvalue weighted by molar-refractivity contribution is -0.205. The standard InChI is InChI=1S/C48H54N8O5/c1-4-22-54-33-46(60)55-41(27-35-14-18-38(57)19-15-35)48(61)53(32-44(55)56(54)45(59)21-17-34-10-6-5-7-11-34)30-37-12-8-13-39-40(31-51(3)47(37)39)42(58)28-36-16-20-43(49-29-36)52-24-9-23-50(2)25-26-52/h4-8,10-16,18-20,29,31,41,44,57H,1,9,17,21-28,30,32-33H2,2-3H3/t41-,44-/m0/s1. The molecule has 5 heterocycles. The van der Waals surface area contributed by atoms with Crippen molar-refractivity contribution in [2.75, 3.05) is 57.8 Å². The molecule has 2 atom stereocenters. The van der Waals surface area contributed by atoms with E-state index in [4.69, 9.17) is 4.98 Å². The van der Waals surface area contributed by atoms with E-state index in [9.17, 15) is 24.3 Å². The molecule has 13 heteroatoms. The molecule has 3 amide bonds. The number of rotatable bonds is 13. The molecule has 3 aliphatic heterocycles. The fourth-order valence-corrected chi connectivity index (χ4v) is 9.14. The first-order valence-corrected chi connectivity index (χ1v) is 21.2. The van der Waals surface area contributed by atoms with Gasteiger partial charge in [-0.25, -0.2) is 15.0 Å². The summed E-state index contributed by atoms with van der Waals surface area (Å²) < 4.78 is 1.94. The number of phenolic OH excluding ortho intramolecular Hbond substituents is 1. The monoisotopic (exact) mass is 822 g/mol. The largest absolute Gasteiger partial charge is 0.508 e. The summed E-state index contributed by atoms with van der Waals surface area (Å²) in [5, 5.41) is 14.2. The Morgan fingerprint density at radius 3 is 2.43 bits per heavy atom. The van der Waals surface area contributed by atoms with Gasteiger partial charge in [-0.1, -0.05) is 72.8 Å². The summed E-state index contributed by atoms with van der Waals surface area (Å²) >= 11 is 0. The zero-order valence-corrected chi connectivity index (χ0v) is 35.0. The Labute approximate surface area is 357 Å². The van der Waals surface area contributed by atoms with Gasteiger partial charge in [0.05, 0.1) is 18.6 Å². The average molecular weight is 823 g/mol. The first-order valence-electron chi connectivity index (χ1n) is 21.2. The van der Waals surface area contributed by atoms with Gasteiger partial charge in [0.25, 0.3) is 0 Å². The number of amides is 3. The number of anilines is 1. The number of fused-ring (bicyclic) bond motifs is 2. The van der Waals surface area contributed by atoms with Crippen molar-refractivity contribution in [3.63, 3.8) is 0 Å². The Balaban J connectivity index is 1.08. The van der Waals surface area contributed by atoms with Crippen LogP contribution in [0.25, 0.3) is 10.9 Å². The fraction of sp³-hybridized carbons (Fsp3) is 0.354. The highest BCUT2D eigenvalue weighted by Gasteiger charge is 2.51. The van der Waals surface area contributed by atoms with Crippen molar-refractivity contribution in [1.82, 2.24) is 34.3 Å². The summed E-state index contributed by atoms with van der Waals surface area (Å²) in [5.74, 6) is 0.355. The normalized spacial score (nSPS) is 19.0. The molecule has 3 saturated heterocycles. The van der Waals surface area contributed by atoms with E-state index in [-0.39, 0.29) is 74.7 Å². The number of piperazine rings is 1. The molecule has 13 nitrogen and oxygen atoms in total. The van der Waals surface area contributed by atoms with Crippen LogP contribution in [0.1, 0.15) is 45.5 Å². The minimum absolute atomic E-state index is 0.0277. The predicted octanol–water partition coefficient (Wildman–Crippen LogP) is 4.83. The highest BCUT2D eigenvalue weighted by molar-refractivity contribution is 6.09. The summed E-state index contributed by atoms with van der Waals surface area (Å²) in [5.41, 5.74) is 4.90. The molecule has 3 aliphatic rings. The second-order valence-corrected chi connectivity index (χ2v) is 16.5. The van der Waals surface area contributed by atoms with Gasteiger partial charge in [0.2, 0.25) is 17.7 Å². The first-order chi connectivity index (χ1) is 29.6. The smallest absolute Gasteiger partial charge is 0.246 e. The lowest BCUT2D eigenvalue weighted by Gasteiger charge is -2.55. The molecular formula is C48H54N8O5. The van der Waals surface area contributed by atoms with Crippen LogP contribution in [0, 0.1) is 0 Å². The Kier molecular flexibility index (Phi) is 12.3. The number of Topliss-reactive ketones (excluding diaryl/α,β-unsaturated/α-hetero) is 1. The lowest BCUT2D eigenvalue weighted by atomic mass is 9.97. The zero-order valence-electron chi connectivity index (χ0n) is 35.0. The second kappa shape index (κ2) is 18.1. The number of aromatic hydroxyl groups is 1. The van der Waals surface area contributed by atoms with E-state index in [0.717, 1.165) is 71.6 Å². The summed E-state index contributed by atoms with van der Waals surface area (Å²) in [7, 11) is 4.05. The first kappa shape index (κ1) is 41.4. The van der Waals surface area contributed by atoms with Crippen LogP contribution >= 0.6 is 0 Å². The van der Waals surface area contributed by atoms with Crippen LogP contribution in [-0.4, -0.2) is 128 Å². The fourth-order valence-electron chi connectivity index (χ4n) is 9.14. The van der Waals surface area contributed by atoms with Gasteiger partial charge < -0.3 is 29.3 Å². The molecule has 0 saturated carbocycles. The van der Waals surface area contributed by atoms with Gasteiger partial charge in [0, 0.05) is 82.4 Å². The van der Waals surface area contributed by atoms with Crippen molar-refractivity contribution in [1.29, 1.82) is 0 Å². The Bertz CT molecular complexity index is 2400. The van der Waals surface area contributed by atoms with Crippen LogP contribution in [0.2, 0.25) is 0 Å². The molecule has 0 spiro atoms. The van der Waals surface area contributed by atoms with E-state index in [0.29, 0.717) is 12.0 Å². The zero-order chi connectivity index (χ0) is 42.6. The summed E-state index contributed by atoms with van der Waals surface area (Å²) in [6.07, 6.45) is 6.78. The molecule has 1 N–H and O–H groups in total. The number of para-hydroxylation sites is 1. The number of benzene rings is 3. The van der Waals surface area contributed by atoms with Gasteiger partial charge >= 0.3 is 0 Å². The Hall–Kier alpha value is -6.31. The summed E-state index contributed by atoms with van der Waals surface area (Å²) in [6.45, 7) is 8.31. The van der Waals surface area contributed by atoms with Gasteiger partial charge in [-0.05, 0) is 66.9 Å². The SMILES string of the molecule is C=CCN1CC(=O)N2[C@@H](Cc3ccc(O)cc3)C(=O)N(Cc3cccc4c(C(=O)Cc5ccc(N6CCCN(C)CC6)nc5)cn(C)c34)C[C@@H]2N1C(=O)CCc1ccccc1. The topological polar surface area (TPSA) is 126 Å². The highest BCUT2D eigenvalue weighted by atomic mass is 16.3. The Morgan fingerprint density at radius 1 is 0.885 bits per heavy atom. The molecule has 3 aromatic carbocycles. The van der Waals surface area contributed by atoms with Crippen molar-refractivity contribution < 1.29 is 24.3 Å². The van der Waals surface area contributed by atoms with Crippen LogP contribution in [-0.2, 0) is 47.2 Å². The Morgan fingerprint density at radius 2 is 1.67 bits per heavy atom. The average Bonchev–Trinajstić information content (AvgIpc) is 3.45. The third kappa shape index (κ3) is 8.94. The number of nitrogens with zero attached hydrogens (tertiary/aromatic N) is 8. The minimum atomic E-state index is -0.906. The molecule has 0 aliphatic carbocycles. The van der Waals surface area contributed by atoms with Crippen molar-refractivity contribution in [3.8, 4) is 5.75 Å². The van der Waals surface area contributed by atoms with Crippen LogP contribution in [0.15, 0.2) is 110 Å². The van der Waals surface area contributed by atoms with E-state index in [1.165, 1.54) is 0 Å². The molecule has 5 aromatic rings. The third-order valence-corrected chi connectivity index (χ3v) is 12.2. The van der Waals surface area contributed by atoms with Gasteiger partial charge in [-0.3, -0.25) is 19.2 Å². The molecule has 0 radical (unpaired) electrons. The molecule has 0 bridgehead atoms. The molecule has 8 rings (SSSR count). The quantitative estimate of drug-likeness (QED) is 0.131. The summed E-state index contributed by atoms with van der Waals surface area (Å²) in [4.78, 5) is 69.9. The number of pyridine rings is 1. The van der Waals surface area contributed by atoms with Gasteiger partial charge in [0.15, 0.2) is 5.78 Å². The number of phenols is 1. The van der Waals surface area contributed by atoms with E-state index in [1.807, 2.05) is 78.5 Å². The van der Waals surface area contributed by atoms with E-state index >= 15 is 0 Å². The van der Waals surface area contributed by atoms with Crippen molar-refractivity contribution in [2.45, 2.75) is 50.9 Å². The highest BCUT2D eigenvalue weighted by Crippen LogP contribution is 2.32. The maximum Gasteiger partial charge on any atom is 0.246 e. The van der Waals surface area contributed by atoms with Crippen LogP contribution in [0.5, 0.6) is 5.75 Å². The number of ketones is 1. The number of hydrogen-bond donors (Lipinski definition) is 1. The maximum absolute atomic E-state index is 14.8. The van der Waals surface area contributed by atoms with Gasteiger partial charge in [-0.2, -0.15) is 0 Å². The lowest BCUT2D eigenvalue weighted by Crippen LogP contribution is -2.75. The number of carbonyl (C=O) groups is 4. The predicted molar refractivity (Wildman–Crippen MR) is 235 cm³/mol. The number of likely N-dealkylation sites (N-methyl/N-ethyl adjacent to an activating group) is 1. The second-order valence-electron chi connectivity index (χ2n) is 16.5. The van der Waals surface area contributed by atoms with Gasteiger partial charge in [-0.15, -0.1) is 6.58 Å². The van der Waals surface area contributed by atoms with Gasteiger partial charge in [0.1, 0.15) is 23.8 Å². The number of hydrazine groups is 1. The van der Waals surface area contributed by atoms with Crippen LogP contribution in [0.4, 0.5) is 5.82 Å². The molecule has 2 aromatic heterocycles. The van der Waals surface area contributed by atoms with Crippen molar-refractivity contribution in [3.05, 3.63) is 138 Å². The number of hydrogen-bond acceptors (Lipinski definition) is 9. The minimum Gasteiger partial charge on any atom is -0.508 e. The number of carbonyl (C=O) groups excluding carboxylic acids is 4. The number of aryl methyl sites for hydroxylation is 2. The molecular weight excluding hydrogens is 769 g/mol. The van der Waals surface area contributed by atoms with Crippen molar-refractivity contribution >= 4 is 40.2 Å². The van der Waals surface area contributed by atoms with Crippen LogP contribution < -0.4 is 4.90 Å². The van der Waals surface area contributed by atoms with E-state index < -0.39 is 12.2 Å². The molecule has 0 unspecified atom stereocenters. The summed E-state index contributed by atoms with van der Waals surface area (Å²) in [6, 6.07) is 25.4. The van der Waals surface area contributed by atoms with E-state index in [2.05, 4.69) is 23.4 Å². The van der Waals surface area contributed by atoms with E-state index in [1.54, 1.807) is 56.4 Å². The van der Waals surface area contributed by atoms with Crippen molar-refractivity contribution in [2.24, 2.45) is 7.05 Å².